The quantitative estimate of drug-likeness (QED) is 0.271. The number of hydrogen-bond acceptors (Lipinski definition) is 7. The number of imidazole rings is 1. The molecular formula is C32H41N7O. The van der Waals surface area contributed by atoms with Crippen molar-refractivity contribution in [2.75, 3.05) is 57.2 Å². The van der Waals surface area contributed by atoms with Crippen LogP contribution in [0, 0.1) is 5.41 Å². The molecule has 40 heavy (non-hydrogen) atoms. The molecule has 0 radical (unpaired) electrons. The monoisotopic (exact) mass is 539 g/mol. The van der Waals surface area contributed by atoms with E-state index in [1.165, 1.54) is 40.4 Å². The number of aryl methyl sites for hydroxylation is 1. The highest BCUT2D eigenvalue weighted by Gasteiger charge is 2.44. The molecule has 0 spiro atoms. The molecule has 6 rings (SSSR count). The van der Waals surface area contributed by atoms with E-state index in [-0.39, 0.29) is 5.41 Å². The normalized spacial score (nSPS) is 15.9. The number of benzene rings is 2. The van der Waals surface area contributed by atoms with Crippen molar-refractivity contribution >= 4 is 22.3 Å². The van der Waals surface area contributed by atoms with E-state index in [0.29, 0.717) is 12.6 Å². The summed E-state index contributed by atoms with van der Waals surface area (Å²) in [5, 5.41) is 2.66. The molecule has 0 saturated heterocycles. The third-order valence-electron chi connectivity index (χ3n) is 8.44. The zero-order valence-electron chi connectivity index (χ0n) is 24.3. The molecular weight excluding hydrogens is 498 g/mol. The average Bonchev–Trinajstić information content (AvgIpc) is 3.51. The Hall–Kier alpha value is -3.65. The zero-order chi connectivity index (χ0) is 27.7. The summed E-state index contributed by atoms with van der Waals surface area (Å²) in [4.78, 5) is 21.2. The molecule has 4 aromatic rings. The third kappa shape index (κ3) is 5.50. The maximum atomic E-state index is 6.38. The lowest BCUT2D eigenvalue weighted by atomic mass is 9.98. The van der Waals surface area contributed by atoms with Crippen molar-refractivity contribution in [2.45, 2.75) is 45.7 Å². The second-order valence-corrected chi connectivity index (χ2v) is 11.8. The molecule has 1 aliphatic heterocycles. The van der Waals surface area contributed by atoms with Gasteiger partial charge in [-0.2, -0.15) is 9.97 Å². The van der Waals surface area contributed by atoms with Crippen molar-refractivity contribution in [3.05, 3.63) is 71.9 Å². The molecule has 8 heteroatoms. The Bertz CT molecular complexity index is 1460. The molecule has 2 aliphatic rings. The van der Waals surface area contributed by atoms with Crippen LogP contribution < -0.4 is 14.5 Å². The summed E-state index contributed by atoms with van der Waals surface area (Å²) in [6.45, 7) is 7.29. The van der Waals surface area contributed by atoms with Gasteiger partial charge in [0.15, 0.2) is 0 Å². The zero-order valence-corrected chi connectivity index (χ0v) is 24.3. The molecule has 0 bridgehead atoms. The first-order valence-corrected chi connectivity index (χ1v) is 14.5. The minimum Gasteiger partial charge on any atom is -0.463 e. The Balaban J connectivity index is 1.31. The third-order valence-corrected chi connectivity index (χ3v) is 8.44. The maximum Gasteiger partial charge on any atom is 0.318 e. The number of fused-ring (bicyclic) bond motifs is 2. The fourth-order valence-corrected chi connectivity index (χ4v) is 6.13. The van der Waals surface area contributed by atoms with Crippen molar-refractivity contribution in [2.24, 2.45) is 5.41 Å². The second-order valence-electron chi connectivity index (χ2n) is 11.8. The van der Waals surface area contributed by atoms with Gasteiger partial charge in [0.05, 0.1) is 25.2 Å². The lowest BCUT2D eigenvalue weighted by molar-refractivity contribution is 0.182. The summed E-state index contributed by atoms with van der Waals surface area (Å²) in [5.74, 6) is 0.990. The molecule has 210 valence electrons. The predicted molar refractivity (Wildman–Crippen MR) is 161 cm³/mol. The number of hydrogen-bond donors (Lipinski definition) is 0. The first-order chi connectivity index (χ1) is 19.4. The van der Waals surface area contributed by atoms with Gasteiger partial charge in [-0.1, -0.05) is 37.3 Å². The van der Waals surface area contributed by atoms with Crippen molar-refractivity contribution in [3.8, 4) is 6.01 Å². The lowest BCUT2D eigenvalue weighted by Gasteiger charge is -2.33. The molecule has 2 aromatic heterocycles. The van der Waals surface area contributed by atoms with Crippen LogP contribution in [0.5, 0.6) is 6.01 Å². The highest BCUT2D eigenvalue weighted by molar-refractivity contribution is 5.97. The summed E-state index contributed by atoms with van der Waals surface area (Å²) in [7, 11) is 6.39. The van der Waals surface area contributed by atoms with E-state index in [1.807, 2.05) is 18.7 Å². The van der Waals surface area contributed by atoms with Crippen molar-refractivity contribution in [1.29, 1.82) is 0 Å². The summed E-state index contributed by atoms with van der Waals surface area (Å²) >= 11 is 0. The first-order valence-electron chi connectivity index (χ1n) is 14.5. The predicted octanol–water partition coefficient (Wildman–Crippen LogP) is 4.81. The highest BCUT2D eigenvalue weighted by Crippen LogP contribution is 2.46. The minimum absolute atomic E-state index is 0.224. The van der Waals surface area contributed by atoms with E-state index in [9.17, 15) is 0 Å². The van der Waals surface area contributed by atoms with Crippen LogP contribution in [0.1, 0.15) is 36.6 Å². The topological polar surface area (TPSA) is 62.6 Å². The maximum absolute atomic E-state index is 6.38. The summed E-state index contributed by atoms with van der Waals surface area (Å²) in [5.41, 5.74) is 5.22. The van der Waals surface area contributed by atoms with E-state index < -0.39 is 0 Å². The highest BCUT2D eigenvalue weighted by atomic mass is 16.5. The number of ether oxygens (including phenoxy) is 1. The molecule has 0 N–H and O–H groups in total. The summed E-state index contributed by atoms with van der Waals surface area (Å²) < 4.78 is 8.48. The van der Waals surface area contributed by atoms with Gasteiger partial charge in [0.1, 0.15) is 5.82 Å². The molecule has 3 heterocycles. The van der Waals surface area contributed by atoms with E-state index >= 15 is 0 Å². The number of rotatable bonds is 11. The Labute approximate surface area is 237 Å². The van der Waals surface area contributed by atoms with E-state index in [2.05, 4.69) is 88.7 Å². The van der Waals surface area contributed by atoms with Gasteiger partial charge in [-0.05, 0) is 56.8 Å². The number of aromatic nitrogens is 4. The number of nitrogens with zero attached hydrogens (tertiary/aromatic N) is 7. The van der Waals surface area contributed by atoms with Gasteiger partial charge >= 0.3 is 6.01 Å². The molecule has 2 aromatic carbocycles. The van der Waals surface area contributed by atoms with Crippen molar-refractivity contribution < 1.29 is 4.74 Å². The van der Waals surface area contributed by atoms with E-state index in [4.69, 9.17) is 14.7 Å². The van der Waals surface area contributed by atoms with Crippen LogP contribution >= 0.6 is 0 Å². The molecule has 0 amide bonds. The van der Waals surface area contributed by atoms with Crippen LogP contribution in [0.15, 0.2) is 55.1 Å². The SMILES string of the molecule is CCc1cccc2cccc(N3CCc4c(nc(OCC5(CN(C)C)CC5)nc4N(C)CCn4ccnc4)C3)c12. The van der Waals surface area contributed by atoms with Crippen LogP contribution in [0.3, 0.4) is 0 Å². The van der Waals surface area contributed by atoms with Gasteiger partial charge in [0.2, 0.25) is 0 Å². The molecule has 1 fully saturated rings. The van der Waals surface area contributed by atoms with E-state index in [1.54, 1.807) is 0 Å². The van der Waals surface area contributed by atoms with Crippen molar-refractivity contribution in [1.82, 2.24) is 24.4 Å². The number of anilines is 2. The van der Waals surface area contributed by atoms with Crippen LogP contribution in [0.4, 0.5) is 11.5 Å². The molecule has 0 unspecified atom stereocenters. The van der Waals surface area contributed by atoms with Gasteiger partial charge in [0.25, 0.3) is 0 Å². The minimum atomic E-state index is 0.224. The fourth-order valence-electron chi connectivity index (χ4n) is 6.13. The fraction of sp³-hybridized carbons (Fsp3) is 0.469. The Morgan fingerprint density at radius 3 is 2.60 bits per heavy atom. The molecule has 1 saturated carbocycles. The summed E-state index contributed by atoms with van der Waals surface area (Å²) in [6.07, 6.45) is 10.0. The first kappa shape index (κ1) is 26.6. The average molecular weight is 540 g/mol. The van der Waals surface area contributed by atoms with Crippen molar-refractivity contribution in [3.63, 3.8) is 0 Å². The van der Waals surface area contributed by atoms with Crippen LogP contribution in [0.2, 0.25) is 0 Å². The summed E-state index contributed by atoms with van der Waals surface area (Å²) in [6, 6.07) is 13.8. The Morgan fingerprint density at radius 1 is 1.05 bits per heavy atom. The Morgan fingerprint density at radius 2 is 1.88 bits per heavy atom. The van der Waals surface area contributed by atoms with Crippen LogP contribution in [0.25, 0.3) is 10.8 Å². The van der Waals surface area contributed by atoms with E-state index in [0.717, 1.165) is 57.1 Å². The molecule has 1 aliphatic carbocycles. The van der Waals surface area contributed by atoms with Crippen LogP contribution in [-0.2, 0) is 25.9 Å². The lowest BCUT2D eigenvalue weighted by Crippen LogP contribution is -2.34. The second kappa shape index (κ2) is 11.1. The molecule has 0 atom stereocenters. The smallest absolute Gasteiger partial charge is 0.318 e. The molecule has 8 nitrogen and oxygen atoms in total. The van der Waals surface area contributed by atoms with Gasteiger partial charge in [-0.15, -0.1) is 0 Å². The van der Waals surface area contributed by atoms with Crippen LogP contribution in [-0.4, -0.2) is 71.8 Å². The van der Waals surface area contributed by atoms with Gasteiger partial charge in [0, 0.05) is 67.7 Å². The van der Waals surface area contributed by atoms with Gasteiger partial charge in [-0.3, -0.25) is 0 Å². The van der Waals surface area contributed by atoms with Gasteiger partial charge < -0.3 is 24.0 Å². The number of likely N-dealkylation sites (N-methyl/N-ethyl adjacent to an activating group) is 1. The Kier molecular flexibility index (Phi) is 7.36. The standard InChI is InChI=1S/C32H41N7O/c1-5-24-8-6-9-25-10-7-11-28(29(24)25)39-16-12-26-27(20-39)34-31(40-22-32(13-14-32)21-36(2)3)35-30(26)37(4)18-19-38-17-15-33-23-38/h6-11,15,17,23H,5,12-14,16,18-22H2,1-4H3. The van der Waals surface area contributed by atoms with Gasteiger partial charge in [-0.25, -0.2) is 4.98 Å². The largest absolute Gasteiger partial charge is 0.463 e.